The lowest BCUT2D eigenvalue weighted by Gasteiger charge is -2.14. The third-order valence-corrected chi connectivity index (χ3v) is 2.80. The summed E-state index contributed by atoms with van der Waals surface area (Å²) in [5.74, 6) is -2.19. The second kappa shape index (κ2) is 8.56. The average molecular weight is 303 g/mol. The van der Waals surface area contributed by atoms with Gasteiger partial charge < -0.3 is 21.1 Å². The molecule has 116 valence electrons. The molecular formula is C16H17NO5. The monoisotopic (exact) mass is 303 g/mol. The van der Waals surface area contributed by atoms with E-state index in [0.29, 0.717) is 11.1 Å². The van der Waals surface area contributed by atoms with E-state index >= 15 is 0 Å². The molecule has 2 atom stereocenters. The summed E-state index contributed by atoms with van der Waals surface area (Å²) in [5, 5.41) is 26.0. The maximum Gasteiger partial charge on any atom is 0.335 e. The molecule has 6 nitrogen and oxygen atoms in total. The Morgan fingerprint density at radius 1 is 0.864 bits per heavy atom. The molecule has 0 aliphatic rings. The molecule has 0 radical (unpaired) electrons. The van der Waals surface area contributed by atoms with Crippen molar-refractivity contribution < 1.29 is 24.9 Å². The van der Waals surface area contributed by atoms with Gasteiger partial charge in [0.2, 0.25) is 0 Å². The van der Waals surface area contributed by atoms with Crippen LogP contribution in [-0.2, 0) is 4.79 Å². The second-order valence-corrected chi connectivity index (χ2v) is 4.39. The third-order valence-electron chi connectivity index (χ3n) is 2.80. The fourth-order valence-corrected chi connectivity index (χ4v) is 1.59. The van der Waals surface area contributed by atoms with E-state index in [2.05, 4.69) is 0 Å². The average Bonchev–Trinajstić information content (AvgIpc) is 2.55. The Labute approximate surface area is 127 Å². The quantitative estimate of drug-likeness (QED) is 0.679. The first-order valence-electron chi connectivity index (χ1n) is 6.43. The molecule has 2 rings (SSSR count). The van der Waals surface area contributed by atoms with E-state index in [1.54, 1.807) is 60.7 Å². The Balaban J connectivity index is 0.000000235. The Bertz CT molecular complexity index is 600. The number of aromatic carboxylic acids is 1. The predicted octanol–water partition coefficient (Wildman–Crippen LogP) is 1.52. The van der Waals surface area contributed by atoms with E-state index in [4.69, 9.17) is 21.1 Å². The van der Waals surface area contributed by atoms with Gasteiger partial charge in [0.25, 0.3) is 0 Å². The summed E-state index contributed by atoms with van der Waals surface area (Å²) in [5.41, 5.74) is 6.45. The van der Waals surface area contributed by atoms with Crippen LogP contribution in [0.4, 0.5) is 0 Å². The van der Waals surface area contributed by atoms with Gasteiger partial charge in [-0.05, 0) is 17.7 Å². The topological polar surface area (TPSA) is 121 Å². The summed E-state index contributed by atoms with van der Waals surface area (Å²) in [6.45, 7) is 0. The number of rotatable bonds is 4. The largest absolute Gasteiger partial charge is 0.479 e. The molecule has 0 saturated carbocycles. The van der Waals surface area contributed by atoms with Crippen LogP contribution in [-0.4, -0.2) is 33.4 Å². The van der Waals surface area contributed by atoms with Crippen LogP contribution >= 0.6 is 0 Å². The van der Waals surface area contributed by atoms with Gasteiger partial charge in [0, 0.05) is 0 Å². The minimum absolute atomic E-state index is 0.331. The zero-order valence-corrected chi connectivity index (χ0v) is 11.7. The molecule has 0 saturated heterocycles. The maximum absolute atomic E-state index is 10.4. The van der Waals surface area contributed by atoms with Crippen LogP contribution in [0, 0.1) is 0 Å². The summed E-state index contributed by atoms with van der Waals surface area (Å²) < 4.78 is 0. The van der Waals surface area contributed by atoms with Crippen molar-refractivity contribution >= 4 is 11.9 Å². The molecule has 0 bridgehead atoms. The molecule has 5 N–H and O–H groups in total. The highest BCUT2D eigenvalue weighted by molar-refractivity contribution is 5.87. The van der Waals surface area contributed by atoms with Crippen molar-refractivity contribution in [1.82, 2.24) is 0 Å². The molecule has 0 aliphatic carbocycles. The number of benzene rings is 2. The van der Waals surface area contributed by atoms with Crippen LogP contribution in [0.1, 0.15) is 22.0 Å². The van der Waals surface area contributed by atoms with Crippen molar-refractivity contribution in [3.8, 4) is 0 Å². The molecule has 0 spiro atoms. The molecule has 0 fully saturated rings. The summed E-state index contributed by atoms with van der Waals surface area (Å²) in [4.78, 5) is 20.6. The molecule has 6 heteroatoms. The molecule has 0 aromatic heterocycles. The van der Waals surface area contributed by atoms with Gasteiger partial charge in [-0.2, -0.15) is 0 Å². The lowest BCUT2D eigenvalue weighted by Crippen LogP contribution is -2.33. The molecular weight excluding hydrogens is 286 g/mol. The van der Waals surface area contributed by atoms with Crippen LogP contribution in [0.25, 0.3) is 0 Å². The first-order valence-corrected chi connectivity index (χ1v) is 6.43. The summed E-state index contributed by atoms with van der Waals surface area (Å²) in [7, 11) is 0. The highest BCUT2D eigenvalue weighted by Gasteiger charge is 2.22. The fourth-order valence-electron chi connectivity index (χ4n) is 1.59. The number of carboxylic acids is 2. The molecule has 0 aliphatic heterocycles. The van der Waals surface area contributed by atoms with Crippen molar-refractivity contribution in [2.24, 2.45) is 5.73 Å². The van der Waals surface area contributed by atoms with Gasteiger partial charge in [-0.3, -0.25) is 0 Å². The smallest absolute Gasteiger partial charge is 0.335 e. The Morgan fingerprint density at radius 2 is 1.32 bits per heavy atom. The van der Waals surface area contributed by atoms with E-state index in [-0.39, 0.29) is 0 Å². The Hall–Kier alpha value is -2.70. The van der Waals surface area contributed by atoms with E-state index in [1.807, 2.05) is 0 Å². The SMILES string of the molecule is N[C@H](c1ccccc1)C(O)C(=O)O.O=C(O)c1ccccc1. The number of aliphatic hydroxyl groups excluding tert-OH is 1. The van der Waals surface area contributed by atoms with E-state index in [1.165, 1.54) is 0 Å². The normalized spacial score (nSPS) is 12.5. The molecule has 1 unspecified atom stereocenters. The number of hydrogen-bond donors (Lipinski definition) is 4. The standard InChI is InChI=1S/C9H11NO3.C7H6O2/c10-7(8(11)9(12)13)6-4-2-1-3-5-6;8-7(9)6-4-2-1-3-5-6/h1-5,7-8,11H,10H2,(H,12,13);1-5H,(H,8,9)/t7-,8?;/m1./s1. The number of hydrogen-bond acceptors (Lipinski definition) is 4. The van der Waals surface area contributed by atoms with Gasteiger partial charge in [0.15, 0.2) is 6.10 Å². The van der Waals surface area contributed by atoms with Crippen molar-refractivity contribution in [2.45, 2.75) is 12.1 Å². The van der Waals surface area contributed by atoms with Crippen LogP contribution in [0.15, 0.2) is 60.7 Å². The van der Waals surface area contributed by atoms with Crippen molar-refractivity contribution in [3.05, 3.63) is 71.8 Å². The lowest BCUT2D eigenvalue weighted by molar-refractivity contribution is -0.147. The number of carboxylic acid groups (broad SMARTS) is 2. The Morgan fingerprint density at radius 3 is 1.68 bits per heavy atom. The van der Waals surface area contributed by atoms with Gasteiger partial charge in [-0.25, -0.2) is 9.59 Å². The van der Waals surface area contributed by atoms with E-state index in [0.717, 1.165) is 0 Å². The molecule has 0 amide bonds. The number of aliphatic hydroxyl groups is 1. The molecule has 2 aromatic carbocycles. The van der Waals surface area contributed by atoms with Crippen molar-refractivity contribution in [1.29, 1.82) is 0 Å². The first-order chi connectivity index (χ1) is 10.4. The van der Waals surface area contributed by atoms with Gasteiger partial charge in [-0.15, -0.1) is 0 Å². The zero-order chi connectivity index (χ0) is 16.5. The van der Waals surface area contributed by atoms with Gasteiger partial charge in [-0.1, -0.05) is 48.5 Å². The first kappa shape index (κ1) is 17.4. The molecule has 0 heterocycles. The summed E-state index contributed by atoms with van der Waals surface area (Å²) in [6.07, 6.45) is -1.55. The molecule has 22 heavy (non-hydrogen) atoms. The minimum Gasteiger partial charge on any atom is -0.479 e. The molecule has 2 aromatic rings. The van der Waals surface area contributed by atoms with Gasteiger partial charge in [0.1, 0.15) is 0 Å². The number of nitrogens with two attached hydrogens (primary N) is 1. The maximum atomic E-state index is 10.4. The summed E-state index contributed by atoms with van der Waals surface area (Å²) >= 11 is 0. The summed E-state index contributed by atoms with van der Waals surface area (Å²) in [6, 6.07) is 16.0. The zero-order valence-electron chi connectivity index (χ0n) is 11.7. The lowest BCUT2D eigenvalue weighted by atomic mass is 10.0. The van der Waals surface area contributed by atoms with E-state index < -0.39 is 24.1 Å². The van der Waals surface area contributed by atoms with Crippen LogP contribution in [0.2, 0.25) is 0 Å². The second-order valence-electron chi connectivity index (χ2n) is 4.39. The minimum atomic E-state index is -1.55. The van der Waals surface area contributed by atoms with Crippen LogP contribution in [0.5, 0.6) is 0 Å². The van der Waals surface area contributed by atoms with Crippen LogP contribution in [0.3, 0.4) is 0 Å². The number of aliphatic carboxylic acids is 1. The fraction of sp³-hybridized carbons (Fsp3) is 0.125. The highest BCUT2D eigenvalue weighted by atomic mass is 16.4. The third kappa shape index (κ3) is 5.35. The highest BCUT2D eigenvalue weighted by Crippen LogP contribution is 2.13. The van der Waals surface area contributed by atoms with Crippen LogP contribution < -0.4 is 5.73 Å². The number of carbonyl (C=O) groups is 2. The van der Waals surface area contributed by atoms with Gasteiger partial charge in [0.05, 0.1) is 11.6 Å². The Kier molecular flexibility index (Phi) is 6.75. The van der Waals surface area contributed by atoms with Gasteiger partial charge >= 0.3 is 11.9 Å². The van der Waals surface area contributed by atoms with Crippen molar-refractivity contribution in [2.75, 3.05) is 0 Å². The van der Waals surface area contributed by atoms with Crippen molar-refractivity contribution in [3.63, 3.8) is 0 Å². The predicted molar refractivity (Wildman–Crippen MR) is 80.4 cm³/mol. The van der Waals surface area contributed by atoms with E-state index in [9.17, 15) is 9.59 Å².